The first-order valence-electron chi connectivity index (χ1n) is 9.11. The number of carbonyl (C=O) groups excluding carboxylic acids is 1. The average molecular weight is 331 g/mol. The van der Waals surface area contributed by atoms with Gasteiger partial charge in [0.05, 0.1) is 12.7 Å². The summed E-state index contributed by atoms with van der Waals surface area (Å²) in [6, 6.07) is 8.56. The molecule has 1 amide bonds. The molecule has 0 aliphatic carbocycles. The Morgan fingerprint density at radius 1 is 1.33 bits per heavy atom. The van der Waals surface area contributed by atoms with Crippen molar-refractivity contribution in [2.24, 2.45) is 5.92 Å². The molecule has 2 saturated heterocycles. The number of nitrogens with zero attached hydrogens (tertiary/aromatic N) is 1. The Labute approximate surface area is 144 Å². The second kappa shape index (κ2) is 8.60. The summed E-state index contributed by atoms with van der Waals surface area (Å²) in [5, 5.41) is 6.41. The van der Waals surface area contributed by atoms with Gasteiger partial charge in [0.2, 0.25) is 5.91 Å². The maximum absolute atomic E-state index is 12.2. The molecule has 1 aromatic carbocycles. The largest absolute Gasteiger partial charge is 0.376 e. The number of amides is 1. The van der Waals surface area contributed by atoms with Gasteiger partial charge in [0.25, 0.3) is 0 Å². The standard InChI is InChI=1S/C19H29N3O2/c1-15-13-22(9-10-24-15)14-17-4-2-3-16(11-17)12-21-19(23)18-5-7-20-8-6-18/h2-4,11,15,18,20H,5-10,12-14H2,1H3,(H,21,23). The lowest BCUT2D eigenvalue weighted by atomic mass is 9.97. The van der Waals surface area contributed by atoms with E-state index in [1.165, 1.54) is 11.1 Å². The normalized spacial score (nSPS) is 23.1. The lowest BCUT2D eigenvalue weighted by Crippen LogP contribution is -2.40. The smallest absolute Gasteiger partial charge is 0.223 e. The number of hydrogen-bond acceptors (Lipinski definition) is 4. The van der Waals surface area contributed by atoms with Gasteiger partial charge >= 0.3 is 0 Å². The second-order valence-electron chi connectivity index (χ2n) is 6.98. The number of ether oxygens (including phenoxy) is 1. The van der Waals surface area contributed by atoms with Gasteiger partial charge in [0.15, 0.2) is 0 Å². The molecule has 24 heavy (non-hydrogen) atoms. The summed E-state index contributed by atoms with van der Waals surface area (Å²) in [5.41, 5.74) is 2.48. The zero-order valence-electron chi connectivity index (χ0n) is 14.6. The van der Waals surface area contributed by atoms with Crippen LogP contribution in [-0.2, 0) is 22.6 Å². The maximum atomic E-state index is 12.2. The number of nitrogens with one attached hydrogen (secondary N) is 2. The van der Waals surface area contributed by atoms with Crippen molar-refractivity contribution < 1.29 is 9.53 Å². The van der Waals surface area contributed by atoms with Crippen molar-refractivity contribution in [2.75, 3.05) is 32.8 Å². The van der Waals surface area contributed by atoms with Gasteiger partial charge in [-0.25, -0.2) is 0 Å². The van der Waals surface area contributed by atoms with E-state index in [4.69, 9.17) is 4.74 Å². The van der Waals surface area contributed by atoms with Crippen LogP contribution in [0.4, 0.5) is 0 Å². The SMILES string of the molecule is CC1CN(Cc2cccc(CNC(=O)C3CCNCC3)c2)CCO1. The quantitative estimate of drug-likeness (QED) is 0.859. The Balaban J connectivity index is 1.50. The van der Waals surface area contributed by atoms with E-state index >= 15 is 0 Å². The Bertz CT molecular complexity index is 543. The molecule has 0 aromatic heterocycles. The molecule has 2 aliphatic rings. The highest BCUT2D eigenvalue weighted by Gasteiger charge is 2.20. The van der Waals surface area contributed by atoms with Gasteiger partial charge in [0, 0.05) is 32.1 Å². The van der Waals surface area contributed by atoms with Gasteiger partial charge in [-0.2, -0.15) is 0 Å². The summed E-state index contributed by atoms with van der Waals surface area (Å²) in [7, 11) is 0. The Morgan fingerprint density at radius 2 is 2.12 bits per heavy atom. The first-order valence-corrected chi connectivity index (χ1v) is 9.11. The minimum atomic E-state index is 0.171. The summed E-state index contributed by atoms with van der Waals surface area (Å²) < 4.78 is 5.60. The molecule has 1 atom stereocenters. The molecule has 0 saturated carbocycles. The molecule has 3 rings (SSSR count). The van der Waals surface area contributed by atoms with Crippen LogP contribution < -0.4 is 10.6 Å². The van der Waals surface area contributed by atoms with Gasteiger partial charge in [0.1, 0.15) is 0 Å². The Hall–Kier alpha value is -1.43. The number of carbonyl (C=O) groups is 1. The van der Waals surface area contributed by atoms with Crippen LogP contribution in [-0.4, -0.2) is 49.7 Å². The van der Waals surface area contributed by atoms with Gasteiger partial charge < -0.3 is 15.4 Å². The fourth-order valence-corrected chi connectivity index (χ4v) is 3.55. The van der Waals surface area contributed by atoms with Crippen LogP contribution in [0.25, 0.3) is 0 Å². The fourth-order valence-electron chi connectivity index (χ4n) is 3.55. The minimum Gasteiger partial charge on any atom is -0.376 e. The summed E-state index contributed by atoms with van der Waals surface area (Å²) in [6.45, 7) is 8.38. The first kappa shape index (κ1) is 17.4. The molecule has 2 heterocycles. The van der Waals surface area contributed by atoms with Crippen molar-refractivity contribution in [3.63, 3.8) is 0 Å². The van der Waals surface area contributed by atoms with Crippen LogP contribution in [0.3, 0.4) is 0 Å². The van der Waals surface area contributed by atoms with Crippen molar-refractivity contribution in [3.05, 3.63) is 35.4 Å². The monoisotopic (exact) mass is 331 g/mol. The Morgan fingerprint density at radius 3 is 2.92 bits per heavy atom. The summed E-state index contributed by atoms with van der Waals surface area (Å²) in [6.07, 6.45) is 2.20. The molecule has 0 bridgehead atoms. The molecule has 1 unspecified atom stereocenters. The third-order valence-corrected chi connectivity index (χ3v) is 4.90. The molecule has 2 fully saturated rings. The van der Waals surface area contributed by atoms with Gasteiger partial charge in [-0.3, -0.25) is 9.69 Å². The van der Waals surface area contributed by atoms with E-state index in [2.05, 4.69) is 46.7 Å². The molecular weight excluding hydrogens is 302 g/mol. The van der Waals surface area contributed by atoms with Crippen LogP contribution in [0.5, 0.6) is 0 Å². The number of benzene rings is 1. The highest BCUT2D eigenvalue weighted by atomic mass is 16.5. The van der Waals surface area contributed by atoms with Gasteiger partial charge in [-0.1, -0.05) is 24.3 Å². The molecule has 0 radical (unpaired) electrons. The van der Waals surface area contributed by atoms with Crippen LogP contribution in [0.1, 0.15) is 30.9 Å². The summed E-state index contributed by atoms with van der Waals surface area (Å²) >= 11 is 0. The van der Waals surface area contributed by atoms with Crippen LogP contribution in [0, 0.1) is 5.92 Å². The van der Waals surface area contributed by atoms with Crippen LogP contribution >= 0.6 is 0 Å². The number of morpholine rings is 1. The topological polar surface area (TPSA) is 53.6 Å². The number of rotatable bonds is 5. The van der Waals surface area contributed by atoms with Crippen molar-refractivity contribution in [3.8, 4) is 0 Å². The number of hydrogen-bond donors (Lipinski definition) is 2. The number of piperidine rings is 1. The van der Waals surface area contributed by atoms with Crippen LogP contribution in [0.15, 0.2) is 24.3 Å². The van der Waals surface area contributed by atoms with Gasteiger partial charge in [-0.05, 0) is 44.0 Å². The molecule has 0 spiro atoms. The lowest BCUT2D eigenvalue weighted by molar-refractivity contribution is -0.125. The van der Waals surface area contributed by atoms with Gasteiger partial charge in [-0.15, -0.1) is 0 Å². The molecule has 5 heteroatoms. The first-order chi connectivity index (χ1) is 11.7. The van der Waals surface area contributed by atoms with E-state index in [9.17, 15) is 4.79 Å². The third-order valence-electron chi connectivity index (χ3n) is 4.90. The van der Waals surface area contributed by atoms with E-state index in [0.29, 0.717) is 12.6 Å². The molecule has 2 aliphatic heterocycles. The van der Waals surface area contributed by atoms with Crippen molar-refractivity contribution in [1.82, 2.24) is 15.5 Å². The van der Waals surface area contributed by atoms with E-state index in [1.807, 2.05) is 0 Å². The zero-order valence-corrected chi connectivity index (χ0v) is 14.6. The summed E-state index contributed by atoms with van der Waals surface area (Å²) in [5.74, 6) is 0.369. The highest BCUT2D eigenvalue weighted by molar-refractivity contribution is 5.78. The summed E-state index contributed by atoms with van der Waals surface area (Å²) in [4.78, 5) is 14.7. The second-order valence-corrected chi connectivity index (χ2v) is 6.98. The van der Waals surface area contributed by atoms with E-state index < -0.39 is 0 Å². The molecular formula is C19H29N3O2. The average Bonchev–Trinajstić information content (AvgIpc) is 2.61. The molecule has 5 nitrogen and oxygen atoms in total. The lowest BCUT2D eigenvalue weighted by Gasteiger charge is -2.31. The van der Waals surface area contributed by atoms with E-state index in [1.54, 1.807) is 0 Å². The molecule has 132 valence electrons. The third kappa shape index (κ3) is 5.03. The predicted molar refractivity (Wildman–Crippen MR) is 94.6 cm³/mol. The highest BCUT2D eigenvalue weighted by Crippen LogP contribution is 2.14. The van der Waals surface area contributed by atoms with Crippen molar-refractivity contribution >= 4 is 5.91 Å². The van der Waals surface area contributed by atoms with E-state index in [-0.39, 0.29) is 11.8 Å². The fraction of sp³-hybridized carbons (Fsp3) is 0.632. The predicted octanol–water partition coefficient (Wildman–Crippen LogP) is 1.52. The Kier molecular flexibility index (Phi) is 6.24. The maximum Gasteiger partial charge on any atom is 0.223 e. The van der Waals surface area contributed by atoms with E-state index in [0.717, 1.165) is 52.2 Å². The molecule has 1 aromatic rings. The minimum absolute atomic E-state index is 0.171. The van der Waals surface area contributed by atoms with Crippen molar-refractivity contribution in [1.29, 1.82) is 0 Å². The van der Waals surface area contributed by atoms with Crippen LogP contribution in [0.2, 0.25) is 0 Å². The molecule has 2 N–H and O–H groups in total. The van der Waals surface area contributed by atoms with Crippen molar-refractivity contribution in [2.45, 2.75) is 39.0 Å². The zero-order chi connectivity index (χ0) is 16.8.